The Hall–Kier alpha value is -2.69. The molecule has 1 atom stereocenters. The van der Waals surface area contributed by atoms with Crippen LogP contribution in [0.15, 0.2) is 42.5 Å². The number of amides is 1. The Morgan fingerprint density at radius 2 is 1.79 bits per heavy atom. The van der Waals surface area contributed by atoms with E-state index in [4.69, 9.17) is 0 Å². The molecule has 1 amide bonds. The summed E-state index contributed by atoms with van der Waals surface area (Å²) in [5, 5.41) is 13.8. The van der Waals surface area contributed by atoms with E-state index >= 15 is 0 Å². The number of hydrogen-bond donors (Lipinski definition) is 2. The minimum atomic E-state index is -1.12. The molecule has 0 unspecified atom stereocenters. The van der Waals surface area contributed by atoms with E-state index in [9.17, 15) is 19.5 Å². The molecule has 2 aromatic rings. The van der Waals surface area contributed by atoms with Crippen molar-refractivity contribution in [3.05, 3.63) is 48.0 Å². The first-order chi connectivity index (χ1) is 11.5. The van der Waals surface area contributed by atoms with Crippen molar-refractivity contribution in [3.63, 3.8) is 0 Å². The maximum Gasteiger partial charge on any atom is 0.326 e. The second kappa shape index (κ2) is 8.24. The summed E-state index contributed by atoms with van der Waals surface area (Å²) in [5.74, 6) is -1.49. The number of aliphatic carboxylic acids is 1. The van der Waals surface area contributed by atoms with Gasteiger partial charge in [-0.15, -0.1) is 0 Å². The standard InChI is InChI=1S/C19H21NO4/c1-2-16(21)9-10-17(19(23)24)20-18(22)12-13-7-8-14-5-3-4-6-15(14)11-13/h3-8,11,17H,2,9-10,12H2,1H3,(H,20,22)(H,23,24)/t17-/m0/s1. The van der Waals surface area contributed by atoms with Crippen molar-refractivity contribution < 1.29 is 19.5 Å². The van der Waals surface area contributed by atoms with Crippen LogP contribution in [0.25, 0.3) is 10.8 Å². The van der Waals surface area contributed by atoms with Crippen molar-refractivity contribution in [2.45, 2.75) is 38.6 Å². The summed E-state index contributed by atoms with van der Waals surface area (Å²) in [6, 6.07) is 12.5. The lowest BCUT2D eigenvalue weighted by Gasteiger charge is -2.14. The molecule has 0 bridgehead atoms. The summed E-state index contributed by atoms with van der Waals surface area (Å²) in [6.07, 6.45) is 0.753. The molecule has 5 heteroatoms. The molecule has 0 aliphatic carbocycles. The van der Waals surface area contributed by atoms with Gasteiger partial charge in [-0.2, -0.15) is 0 Å². The molecule has 0 aromatic heterocycles. The maximum atomic E-state index is 12.1. The number of carboxylic acid groups (broad SMARTS) is 1. The number of fused-ring (bicyclic) bond motifs is 1. The average molecular weight is 327 g/mol. The van der Waals surface area contributed by atoms with Crippen molar-refractivity contribution in [3.8, 4) is 0 Å². The van der Waals surface area contributed by atoms with Crippen LogP contribution in [0.3, 0.4) is 0 Å². The van der Waals surface area contributed by atoms with Crippen LogP contribution >= 0.6 is 0 Å². The van der Waals surface area contributed by atoms with Crippen LogP contribution in [0.4, 0.5) is 0 Å². The molecule has 2 aromatic carbocycles. The molecular weight excluding hydrogens is 306 g/mol. The van der Waals surface area contributed by atoms with E-state index in [0.717, 1.165) is 16.3 Å². The Kier molecular flexibility index (Phi) is 6.07. The highest BCUT2D eigenvalue weighted by molar-refractivity contribution is 5.88. The summed E-state index contributed by atoms with van der Waals surface area (Å²) < 4.78 is 0. The second-order valence-electron chi connectivity index (χ2n) is 5.75. The number of carboxylic acids is 1. The Labute approximate surface area is 140 Å². The molecule has 0 saturated heterocycles. The van der Waals surface area contributed by atoms with Crippen molar-refractivity contribution in [1.82, 2.24) is 5.32 Å². The summed E-state index contributed by atoms with van der Waals surface area (Å²) >= 11 is 0. The number of carbonyl (C=O) groups excluding carboxylic acids is 2. The van der Waals surface area contributed by atoms with E-state index in [1.807, 2.05) is 42.5 Å². The molecule has 2 N–H and O–H groups in total. The maximum absolute atomic E-state index is 12.1. The van der Waals surface area contributed by atoms with E-state index in [1.165, 1.54) is 0 Å². The van der Waals surface area contributed by atoms with Gasteiger partial charge >= 0.3 is 5.97 Å². The van der Waals surface area contributed by atoms with Gasteiger partial charge in [-0.25, -0.2) is 4.79 Å². The lowest BCUT2D eigenvalue weighted by molar-refractivity contribution is -0.142. The average Bonchev–Trinajstić information content (AvgIpc) is 2.57. The van der Waals surface area contributed by atoms with Crippen molar-refractivity contribution in [2.24, 2.45) is 0 Å². The Morgan fingerprint density at radius 1 is 1.08 bits per heavy atom. The zero-order valence-electron chi connectivity index (χ0n) is 13.6. The van der Waals surface area contributed by atoms with E-state index in [-0.39, 0.29) is 31.0 Å². The number of Topliss-reactive ketones (excluding diaryl/α,β-unsaturated/α-hetero) is 1. The highest BCUT2D eigenvalue weighted by Gasteiger charge is 2.20. The fourth-order valence-corrected chi connectivity index (χ4v) is 2.52. The number of hydrogen-bond acceptors (Lipinski definition) is 3. The Balaban J connectivity index is 1.98. The molecule has 0 radical (unpaired) electrons. The highest BCUT2D eigenvalue weighted by atomic mass is 16.4. The number of ketones is 1. The summed E-state index contributed by atoms with van der Waals surface area (Å²) in [4.78, 5) is 34.7. The van der Waals surface area contributed by atoms with Crippen LogP contribution in [-0.2, 0) is 20.8 Å². The smallest absolute Gasteiger partial charge is 0.326 e. The number of carbonyl (C=O) groups is 3. The van der Waals surface area contributed by atoms with Crippen molar-refractivity contribution in [2.75, 3.05) is 0 Å². The first kappa shape index (κ1) is 17.7. The molecule has 0 saturated carbocycles. The third-order valence-corrected chi connectivity index (χ3v) is 3.92. The predicted molar refractivity (Wildman–Crippen MR) is 91.8 cm³/mol. The molecule has 0 aliphatic heterocycles. The summed E-state index contributed by atoms with van der Waals surface area (Å²) in [6.45, 7) is 1.73. The monoisotopic (exact) mass is 327 g/mol. The third-order valence-electron chi connectivity index (χ3n) is 3.92. The van der Waals surface area contributed by atoms with E-state index < -0.39 is 12.0 Å². The SMILES string of the molecule is CCC(=O)CC[C@H](NC(=O)Cc1ccc2ccccc2c1)C(=O)O. The van der Waals surface area contributed by atoms with Gasteiger partial charge in [-0.05, 0) is 22.8 Å². The first-order valence-corrected chi connectivity index (χ1v) is 8.01. The van der Waals surface area contributed by atoms with Gasteiger partial charge in [0.1, 0.15) is 11.8 Å². The molecule has 126 valence electrons. The predicted octanol–water partition coefficient (Wildman–Crippen LogP) is 2.71. The normalized spacial score (nSPS) is 11.9. The van der Waals surface area contributed by atoms with Crippen LogP contribution < -0.4 is 5.32 Å². The first-order valence-electron chi connectivity index (χ1n) is 8.01. The summed E-state index contributed by atoms with van der Waals surface area (Å²) in [7, 11) is 0. The van der Waals surface area contributed by atoms with Crippen molar-refractivity contribution >= 4 is 28.4 Å². The van der Waals surface area contributed by atoms with E-state index in [2.05, 4.69) is 5.32 Å². The van der Waals surface area contributed by atoms with E-state index in [0.29, 0.717) is 6.42 Å². The molecular formula is C19H21NO4. The quantitative estimate of drug-likeness (QED) is 0.781. The van der Waals surface area contributed by atoms with Gasteiger partial charge < -0.3 is 10.4 Å². The van der Waals surface area contributed by atoms with Crippen LogP contribution in [0, 0.1) is 0 Å². The van der Waals surface area contributed by atoms with Crippen LogP contribution in [0.1, 0.15) is 31.7 Å². The van der Waals surface area contributed by atoms with E-state index in [1.54, 1.807) is 6.92 Å². The fraction of sp³-hybridized carbons (Fsp3) is 0.316. The molecule has 0 heterocycles. The number of rotatable bonds is 8. The Bertz CT molecular complexity index is 754. The zero-order valence-corrected chi connectivity index (χ0v) is 13.6. The summed E-state index contributed by atoms with van der Waals surface area (Å²) in [5.41, 5.74) is 0.819. The molecule has 0 aliphatic rings. The van der Waals surface area contributed by atoms with Crippen LogP contribution in [0.2, 0.25) is 0 Å². The third kappa shape index (κ3) is 4.91. The van der Waals surface area contributed by atoms with Crippen LogP contribution in [-0.4, -0.2) is 28.8 Å². The van der Waals surface area contributed by atoms with Gasteiger partial charge in [0.05, 0.1) is 6.42 Å². The minimum absolute atomic E-state index is 0.00923. The number of nitrogens with one attached hydrogen (secondary N) is 1. The van der Waals surface area contributed by atoms with Gasteiger partial charge in [0.25, 0.3) is 0 Å². The molecule has 2 rings (SSSR count). The van der Waals surface area contributed by atoms with Gasteiger partial charge in [-0.1, -0.05) is 49.4 Å². The van der Waals surface area contributed by atoms with Gasteiger partial charge in [0.15, 0.2) is 0 Å². The van der Waals surface area contributed by atoms with Crippen molar-refractivity contribution in [1.29, 1.82) is 0 Å². The Morgan fingerprint density at radius 3 is 2.46 bits per heavy atom. The zero-order chi connectivity index (χ0) is 17.5. The molecule has 5 nitrogen and oxygen atoms in total. The lowest BCUT2D eigenvalue weighted by Crippen LogP contribution is -2.41. The number of benzene rings is 2. The van der Waals surface area contributed by atoms with Gasteiger partial charge in [0, 0.05) is 12.8 Å². The van der Waals surface area contributed by atoms with Gasteiger partial charge in [0.2, 0.25) is 5.91 Å². The largest absolute Gasteiger partial charge is 0.480 e. The highest BCUT2D eigenvalue weighted by Crippen LogP contribution is 2.16. The lowest BCUT2D eigenvalue weighted by atomic mass is 10.0. The van der Waals surface area contributed by atoms with Gasteiger partial charge in [-0.3, -0.25) is 9.59 Å². The second-order valence-corrected chi connectivity index (χ2v) is 5.75. The fourth-order valence-electron chi connectivity index (χ4n) is 2.52. The van der Waals surface area contributed by atoms with Crippen LogP contribution in [0.5, 0.6) is 0 Å². The minimum Gasteiger partial charge on any atom is -0.480 e. The molecule has 0 fully saturated rings. The molecule has 0 spiro atoms. The molecule has 24 heavy (non-hydrogen) atoms. The topological polar surface area (TPSA) is 83.5 Å².